The minimum Gasteiger partial charge on any atom is -0.684 e. The smallest absolute Gasteiger partial charge is 0.684 e. The normalized spacial score (nSPS) is 24.2. The van der Waals surface area contributed by atoms with E-state index in [1.54, 1.807) is 0 Å². The molecule has 25 heavy (non-hydrogen) atoms. The zero-order valence-electron chi connectivity index (χ0n) is 14.4. The molecule has 0 amide bonds. The molecule has 0 spiro atoms. The van der Waals surface area contributed by atoms with Crippen molar-refractivity contribution < 1.29 is 27.4 Å². The molecular formula is C16H27CuN5O3-. The summed E-state index contributed by atoms with van der Waals surface area (Å²) in [5, 5.41) is 22.9. The van der Waals surface area contributed by atoms with Crippen molar-refractivity contribution in [2.45, 2.75) is 25.3 Å². The van der Waals surface area contributed by atoms with Crippen LogP contribution in [0.15, 0.2) is 23.9 Å². The van der Waals surface area contributed by atoms with Crippen LogP contribution in [0.1, 0.15) is 19.3 Å². The fraction of sp³-hybridized carbons (Fsp3) is 0.750. The summed E-state index contributed by atoms with van der Waals surface area (Å²) in [7, 11) is 0. The van der Waals surface area contributed by atoms with Crippen molar-refractivity contribution in [1.29, 1.82) is 0 Å². The van der Waals surface area contributed by atoms with Gasteiger partial charge >= 0.3 is 17.1 Å². The Morgan fingerprint density at radius 3 is 2.48 bits per heavy atom. The molecule has 0 aromatic rings. The van der Waals surface area contributed by atoms with Crippen LogP contribution >= 0.6 is 0 Å². The number of piperidine rings is 1. The number of hydrogen-bond acceptors (Lipinski definition) is 4. The Morgan fingerprint density at radius 2 is 1.92 bits per heavy atom. The zero-order valence-corrected chi connectivity index (χ0v) is 15.3. The van der Waals surface area contributed by atoms with Gasteiger partial charge in [0.1, 0.15) is 0 Å². The number of hydrogen-bond donors (Lipinski definition) is 1. The first-order chi connectivity index (χ1) is 11.6. The molecule has 0 saturated carbocycles. The SMILES string of the molecule is C1=CC[N-]C(CN2CCN(CC3CCCC[N-]3)CC2)=C1.O=[N+]([O-])O.[Cu+]. The maximum absolute atomic E-state index is 8.36. The zero-order chi connectivity index (χ0) is 17.2. The third-order valence-electron chi connectivity index (χ3n) is 4.48. The van der Waals surface area contributed by atoms with Gasteiger partial charge in [-0.05, 0) is 6.54 Å². The van der Waals surface area contributed by atoms with E-state index in [0.717, 1.165) is 19.6 Å². The first-order valence-electron chi connectivity index (χ1n) is 8.61. The van der Waals surface area contributed by atoms with E-state index in [4.69, 9.17) is 20.6 Å². The third kappa shape index (κ3) is 9.23. The average molecular weight is 401 g/mol. The van der Waals surface area contributed by atoms with Gasteiger partial charge in [-0.15, -0.1) is 41.0 Å². The van der Waals surface area contributed by atoms with Crippen LogP contribution in [0.3, 0.4) is 0 Å². The molecule has 0 bridgehead atoms. The van der Waals surface area contributed by atoms with Gasteiger partial charge in [-0.3, -0.25) is 4.90 Å². The van der Waals surface area contributed by atoms with E-state index in [-0.39, 0.29) is 17.1 Å². The van der Waals surface area contributed by atoms with Gasteiger partial charge in [0.15, 0.2) is 0 Å². The minimum absolute atomic E-state index is 0. The molecule has 2 fully saturated rings. The summed E-state index contributed by atoms with van der Waals surface area (Å²) in [5.74, 6) is 0. The molecule has 1 atom stereocenters. The second kappa shape index (κ2) is 12.3. The molecule has 146 valence electrons. The van der Waals surface area contributed by atoms with E-state index >= 15 is 0 Å². The van der Waals surface area contributed by atoms with Gasteiger partial charge in [0, 0.05) is 32.7 Å². The van der Waals surface area contributed by atoms with Crippen LogP contribution in [-0.2, 0) is 17.1 Å². The summed E-state index contributed by atoms with van der Waals surface area (Å²) in [6.07, 6.45) is 10.4. The summed E-state index contributed by atoms with van der Waals surface area (Å²) >= 11 is 0. The van der Waals surface area contributed by atoms with Gasteiger partial charge in [0.2, 0.25) is 0 Å². The van der Waals surface area contributed by atoms with Gasteiger partial charge < -0.3 is 20.7 Å². The quantitative estimate of drug-likeness (QED) is 0.442. The molecule has 1 unspecified atom stereocenters. The molecule has 0 aromatic carbocycles. The van der Waals surface area contributed by atoms with Crippen LogP contribution in [0.5, 0.6) is 0 Å². The summed E-state index contributed by atoms with van der Waals surface area (Å²) in [4.78, 5) is 13.5. The van der Waals surface area contributed by atoms with E-state index in [0.29, 0.717) is 6.04 Å². The van der Waals surface area contributed by atoms with Crippen LogP contribution in [0.25, 0.3) is 10.6 Å². The van der Waals surface area contributed by atoms with Gasteiger partial charge in [-0.1, -0.05) is 31.4 Å². The van der Waals surface area contributed by atoms with E-state index in [2.05, 4.69) is 33.3 Å². The Bertz CT molecular complexity index is 443. The van der Waals surface area contributed by atoms with Crippen LogP contribution < -0.4 is 0 Å². The Labute approximate surface area is 159 Å². The van der Waals surface area contributed by atoms with Crippen LogP contribution in [0.2, 0.25) is 0 Å². The maximum Gasteiger partial charge on any atom is 1.00 e. The van der Waals surface area contributed by atoms with Crippen LogP contribution in [-0.4, -0.2) is 78.5 Å². The Hall–Kier alpha value is -1.12. The molecule has 0 aromatic heterocycles. The topological polar surface area (TPSA) is 98.1 Å². The molecule has 3 aliphatic heterocycles. The summed E-state index contributed by atoms with van der Waals surface area (Å²) in [5.41, 5.74) is 1.24. The maximum atomic E-state index is 8.36. The van der Waals surface area contributed by atoms with Crippen LogP contribution in [0.4, 0.5) is 0 Å². The summed E-state index contributed by atoms with van der Waals surface area (Å²) in [6, 6.07) is 0.608. The molecule has 8 nitrogen and oxygen atoms in total. The van der Waals surface area contributed by atoms with E-state index in [1.165, 1.54) is 57.7 Å². The number of rotatable bonds is 4. The monoisotopic (exact) mass is 400 g/mol. The van der Waals surface area contributed by atoms with Crippen LogP contribution in [0, 0.1) is 10.1 Å². The van der Waals surface area contributed by atoms with Crippen molar-refractivity contribution in [3.05, 3.63) is 44.7 Å². The molecular weight excluding hydrogens is 374 g/mol. The molecule has 2 saturated heterocycles. The standard InChI is InChI=1S/C16H26N4.Cu.HNO3/c1-3-7-17-15(5-1)13-19-9-11-20(12-10-19)14-16-6-2-4-8-18-16;;2-1(3)4/h1,3,5,16H,2,4,6-14H2;;(H,2,3,4)/q-2;+1;. The third-order valence-corrected chi connectivity index (χ3v) is 4.48. The number of allylic oxidation sites excluding steroid dienone is 2. The predicted molar refractivity (Wildman–Crippen MR) is 93.0 cm³/mol. The average Bonchev–Trinajstić information content (AvgIpc) is 2.58. The predicted octanol–water partition coefficient (Wildman–Crippen LogP) is 2.01. The fourth-order valence-electron chi connectivity index (χ4n) is 3.23. The van der Waals surface area contributed by atoms with E-state index < -0.39 is 5.09 Å². The molecule has 9 heteroatoms. The first kappa shape index (κ1) is 21.9. The van der Waals surface area contributed by atoms with Crippen molar-refractivity contribution in [2.75, 3.05) is 52.4 Å². The minimum atomic E-state index is -1.50. The van der Waals surface area contributed by atoms with Crippen molar-refractivity contribution in [3.8, 4) is 0 Å². The molecule has 3 aliphatic rings. The Morgan fingerprint density at radius 1 is 1.24 bits per heavy atom. The van der Waals surface area contributed by atoms with Crippen molar-refractivity contribution >= 4 is 0 Å². The Balaban J connectivity index is 0.000000568. The molecule has 0 radical (unpaired) electrons. The summed E-state index contributed by atoms with van der Waals surface area (Å²) in [6.45, 7) is 8.87. The second-order valence-electron chi connectivity index (χ2n) is 6.30. The largest absolute Gasteiger partial charge is 1.00 e. The molecule has 3 heterocycles. The van der Waals surface area contributed by atoms with Crippen molar-refractivity contribution in [1.82, 2.24) is 9.80 Å². The van der Waals surface area contributed by atoms with Crippen molar-refractivity contribution in [3.63, 3.8) is 0 Å². The van der Waals surface area contributed by atoms with E-state index in [1.807, 2.05) is 0 Å². The molecule has 3 rings (SSSR count). The fourth-order valence-corrected chi connectivity index (χ4v) is 3.23. The van der Waals surface area contributed by atoms with Gasteiger partial charge in [0.05, 0.1) is 0 Å². The number of piperazine rings is 1. The second-order valence-corrected chi connectivity index (χ2v) is 6.30. The van der Waals surface area contributed by atoms with Gasteiger partial charge in [-0.2, -0.15) is 0 Å². The Kier molecular flexibility index (Phi) is 10.8. The van der Waals surface area contributed by atoms with Gasteiger partial charge in [-0.25, -0.2) is 0 Å². The van der Waals surface area contributed by atoms with Crippen molar-refractivity contribution in [2.24, 2.45) is 0 Å². The van der Waals surface area contributed by atoms with E-state index in [9.17, 15) is 0 Å². The first-order valence-corrected chi connectivity index (χ1v) is 8.61. The van der Waals surface area contributed by atoms with Gasteiger partial charge in [0.25, 0.3) is 5.09 Å². The summed E-state index contributed by atoms with van der Waals surface area (Å²) < 4.78 is 0. The molecule has 1 N–H and O–H groups in total. The molecule has 0 aliphatic carbocycles. The number of nitrogens with zero attached hydrogens (tertiary/aromatic N) is 5.